The van der Waals surface area contributed by atoms with Gasteiger partial charge in [0.25, 0.3) is 0 Å². The number of hydrogen-bond acceptors (Lipinski definition) is 5. The van der Waals surface area contributed by atoms with Gasteiger partial charge in [-0.3, -0.25) is 0 Å². The maximum atomic E-state index is 13.4. The highest BCUT2D eigenvalue weighted by Crippen LogP contribution is 2.45. The molecular formula is C21H28NO5. The van der Waals surface area contributed by atoms with Gasteiger partial charge in [-0.1, -0.05) is 12.1 Å². The van der Waals surface area contributed by atoms with E-state index in [-0.39, 0.29) is 0 Å². The molecule has 6 heteroatoms. The number of rotatable bonds is 7. The fourth-order valence-corrected chi connectivity index (χ4v) is 2.89. The molecule has 0 aliphatic heterocycles. The van der Waals surface area contributed by atoms with E-state index in [4.69, 9.17) is 18.9 Å². The van der Waals surface area contributed by atoms with Gasteiger partial charge in [-0.05, 0) is 38.5 Å². The fourth-order valence-electron chi connectivity index (χ4n) is 2.89. The van der Waals surface area contributed by atoms with E-state index in [0.29, 0.717) is 22.8 Å². The Labute approximate surface area is 161 Å². The smallest absolute Gasteiger partial charge is 0.131 e. The Morgan fingerprint density at radius 1 is 0.778 bits per heavy atom. The lowest BCUT2D eigenvalue weighted by atomic mass is 9.93. The second-order valence-corrected chi connectivity index (χ2v) is 7.12. The third-order valence-electron chi connectivity index (χ3n) is 4.35. The number of benzene rings is 2. The van der Waals surface area contributed by atoms with Gasteiger partial charge in [0, 0.05) is 17.7 Å². The Bertz CT molecular complexity index is 727. The first-order valence-electron chi connectivity index (χ1n) is 8.67. The van der Waals surface area contributed by atoms with Gasteiger partial charge >= 0.3 is 0 Å². The molecule has 1 unspecified atom stereocenters. The summed E-state index contributed by atoms with van der Waals surface area (Å²) < 4.78 is 21.8. The third-order valence-corrected chi connectivity index (χ3v) is 4.35. The molecule has 0 aliphatic rings. The van der Waals surface area contributed by atoms with E-state index in [1.807, 2.05) is 45.0 Å². The summed E-state index contributed by atoms with van der Waals surface area (Å²) in [5.74, 6) is 2.36. The normalized spacial score (nSPS) is 12.6. The molecule has 6 nitrogen and oxygen atoms in total. The first-order chi connectivity index (χ1) is 12.8. The van der Waals surface area contributed by atoms with E-state index < -0.39 is 11.6 Å². The van der Waals surface area contributed by atoms with E-state index in [2.05, 4.69) is 0 Å². The molecule has 0 aromatic heterocycles. The number of methoxy groups -OCH3 is 4. The monoisotopic (exact) mass is 374 g/mol. The van der Waals surface area contributed by atoms with Crippen LogP contribution in [0, 0.1) is 0 Å². The third kappa shape index (κ3) is 4.46. The summed E-state index contributed by atoms with van der Waals surface area (Å²) in [7, 11) is 6.31. The minimum atomic E-state index is -0.638. The molecule has 0 N–H and O–H groups in total. The summed E-state index contributed by atoms with van der Waals surface area (Å²) in [5, 5.41) is 14.4. The minimum Gasteiger partial charge on any atom is -0.497 e. The molecule has 1 radical (unpaired) electrons. The Kier molecular flexibility index (Phi) is 6.57. The first kappa shape index (κ1) is 20.9. The van der Waals surface area contributed by atoms with Gasteiger partial charge < -0.3 is 18.9 Å². The maximum absolute atomic E-state index is 13.4. The van der Waals surface area contributed by atoms with Crippen LogP contribution < -0.4 is 18.9 Å². The average molecular weight is 374 g/mol. The van der Waals surface area contributed by atoms with E-state index >= 15 is 0 Å². The molecule has 27 heavy (non-hydrogen) atoms. The summed E-state index contributed by atoms with van der Waals surface area (Å²) in [6, 6.07) is 10.3. The zero-order valence-corrected chi connectivity index (χ0v) is 17.0. The molecule has 2 aromatic carbocycles. The molecule has 0 spiro atoms. The SMILES string of the molecule is COc1ccc(C(c2c(OC)cc(OC)cc2OC)N([O])C(C)(C)C)cc1. The topological polar surface area (TPSA) is 60.1 Å². The van der Waals surface area contributed by atoms with Crippen LogP contribution in [0.1, 0.15) is 37.9 Å². The van der Waals surface area contributed by atoms with Crippen LogP contribution in [0.2, 0.25) is 0 Å². The Balaban J connectivity index is 2.73. The fraction of sp³-hybridized carbons (Fsp3) is 0.429. The van der Waals surface area contributed by atoms with Crippen LogP contribution in [0.15, 0.2) is 36.4 Å². The second-order valence-electron chi connectivity index (χ2n) is 7.12. The van der Waals surface area contributed by atoms with Gasteiger partial charge in [0.2, 0.25) is 0 Å². The zero-order chi connectivity index (χ0) is 20.2. The molecule has 1 atom stereocenters. The van der Waals surface area contributed by atoms with Crippen LogP contribution in [0.3, 0.4) is 0 Å². The van der Waals surface area contributed by atoms with Crippen molar-refractivity contribution >= 4 is 0 Å². The zero-order valence-electron chi connectivity index (χ0n) is 17.0. The molecule has 2 rings (SSSR count). The summed E-state index contributed by atoms with van der Waals surface area (Å²) in [6.07, 6.45) is 0. The maximum Gasteiger partial charge on any atom is 0.131 e. The highest BCUT2D eigenvalue weighted by atomic mass is 16.5. The van der Waals surface area contributed by atoms with Crippen molar-refractivity contribution in [1.82, 2.24) is 5.06 Å². The van der Waals surface area contributed by atoms with E-state index in [9.17, 15) is 5.21 Å². The van der Waals surface area contributed by atoms with Crippen molar-refractivity contribution in [1.29, 1.82) is 0 Å². The van der Waals surface area contributed by atoms with Gasteiger partial charge in [-0.25, -0.2) is 0 Å². The van der Waals surface area contributed by atoms with Crippen molar-refractivity contribution in [2.75, 3.05) is 28.4 Å². The van der Waals surface area contributed by atoms with E-state index in [1.54, 1.807) is 40.6 Å². The molecule has 147 valence electrons. The number of hydrogen-bond donors (Lipinski definition) is 0. The summed E-state index contributed by atoms with van der Waals surface area (Å²) in [6.45, 7) is 5.62. The second kappa shape index (κ2) is 8.50. The summed E-state index contributed by atoms with van der Waals surface area (Å²) in [4.78, 5) is 0. The van der Waals surface area contributed by atoms with Crippen LogP contribution in [0.4, 0.5) is 0 Å². The lowest BCUT2D eigenvalue weighted by Gasteiger charge is -2.36. The van der Waals surface area contributed by atoms with Gasteiger partial charge in [0.05, 0.1) is 40.0 Å². The van der Waals surface area contributed by atoms with Crippen molar-refractivity contribution in [3.8, 4) is 23.0 Å². The number of ether oxygens (including phenoxy) is 4. The minimum absolute atomic E-state index is 0.525. The van der Waals surface area contributed by atoms with Crippen LogP contribution >= 0.6 is 0 Å². The molecule has 0 heterocycles. The average Bonchev–Trinajstić information content (AvgIpc) is 2.67. The van der Waals surface area contributed by atoms with Crippen LogP contribution in [0.25, 0.3) is 0 Å². The summed E-state index contributed by atoms with van der Waals surface area (Å²) >= 11 is 0. The van der Waals surface area contributed by atoms with Crippen molar-refractivity contribution in [2.24, 2.45) is 0 Å². The Hall–Kier alpha value is -2.44. The largest absolute Gasteiger partial charge is 0.497 e. The van der Waals surface area contributed by atoms with Gasteiger partial charge in [-0.2, -0.15) is 0 Å². The van der Waals surface area contributed by atoms with Crippen molar-refractivity contribution in [3.63, 3.8) is 0 Å². The van der Waals surface area contributed by atoms with Crippen molar-refractivity contribution in [3.05, 3.63) is 47.5 Å². The number of nitrogens with zero attached hydrogens (tertiary/aromatic N) is 1. The first-order valence-corrected chi connectivity index (χ1v) is 8.67. The van der Waals surface area contributed by atoms with Gasteiger partial charge in [0.15, 0.2) is 0 Å². The quantitative estimate of drug-likeness (QED) is 0.678. The predicted molar refractivity (Wildman–Crippen MR) is 103 cm³/mol. The Morgan fingerprint density at radius 2 is 1.26 bits per heavy atom. The molecule has 0 saturated heterocycles. The summed E-state index contributed by atoms with van der Waals surface area (Å²) in [5.41, 5.74) is 0.818. The van der Waals surface area contributed by atoms with E-state index in [0.717, 1.165) is 16.4 Å². The van der Waals surface area contributed by atoms with Crippen molar-refractivity contribution in [2.45, 2.75) is 32.4 Å². The van der Waals surface area contributed by atoms with E-state index in [1.165, 1.54) is 0 Å². The molecule has 0 amide bonds. The lowest BCUT2D eigenvalue weighted by Crippen LogP contribution is -2.41. The molecule has 0 fully saturated rings. The van der Waals surface area contributed by atoms with Crippen LogP contribution in [-0.4, -0.2) is 39.0 Å². The standard InChI is InChI=1S/C21H28NO5/c1-21(2,3)22(23)20(14-8-10-15(24-4)11-9-14)19-17(26-6)12-16(25-5)13-18(19)27-7/h8-13,20H,1-7H3. The predicted octanol–water partition coefficient (Wildman–Crippen LogP) is 4.26. The molecule has 0 aliphatic carbocycles. The Morgan fingerprint density at radius 3 is 1.63 bits per heavy atom. The van der Waals surface area contributed by atoms with Gasteiger partial charge in [-0.15, -0.1) is 10.3 Å². The molecule has 2 aromatic rings. The van der Waals surface area contributed by atoms with Crippen molar-refractivity contribution < 1.29 is 24.2 Å². The van der Waals surface area contributed by atoms with Crippen LogP contribution in [0.5, 0.6) is 23.0 Å². The molecular weight excluding hydrogens is 346 g/mol. The van der Waals surface area contributed by atoms with Crippen LogP contribution in [-0.2, 0) is 5.21 Å². The molecule has 0 bridgehead atoms. The van der Waals surface area contributed by atoms with Gasteiger partial charge in [0.1, 0.15) is 23.0 Å². The molecule has 0 saturated carbocycles. The number of hydroxylamine groups is 2. The highest BCUT2D eigenvalue weighted by molar-refractivity contribution is 5.55. The highest BCUT2D eigenvalue weighted by Gasteiger charge is 2.36. The lowest BCUT2D eigenvalue weighted by molar-refractivity contribution is -0.233.